The van der Waals surface area contributed by atoms with Crippen LogP contribution in [0.4, 0.5) is 0 Å². The van der Waals surface area contributed by atoms with Crippen molar-refractivity contribution >= 4 is 46.6 Å². The van der Waals surface area contributed by atoms with E-state index in [4.69, 9.17) is 23.7 Å². The van der Waals surface area contributed by atoms with Gasteiger partial charge >= 0.3 is 35.8 Å². The van der Waals surface area contributed by atoms with Gasteiger partial charge in [0.05, 0.1) is 25.0 Å². The first kappa shape index (κ1) is 29.7. The van der Waals surface area contributed by atoms with Crippen molar-refractivity contribution in [1.82, 2.24) is 0 Å². The monoisotopic (exact) mass is 522 g/mol. The zero-order chi connectivity index (χ0) is 26.9. The minimum atomic E-state index is -2.63. The summed E-state index contributed by atoms with van der Waals surface area (Å²) in [5.41, 5.74) is -1.79. The number of esters is 6. The smallest absolute Gasteiger partial charge is 0.347 e. The predicted molar refractivity (Wildman–Crippen MR) is 112 cm³/mol. The van der Waals surface area contributed by atoms with E-state index in [-0.39, 0.29) is 0 Å². The fraction of sp³-hybridized carbons (Fsp3) is 0.600. The third-order valence-corrected chi connectivity index (χ3v) is 5.73. The maximum Gasteiger partial charge on any atom is 0.347 e. The van der Waals surface area contributed by atoms with E-state index >= 15 is 0 Å². The predicted octanol–water partition coefficient (Wildman–Crippen LogP) is -0.952. The molecule has 1 fully saturated rings. The number of hydrogen-bond acceptors (Lipinski definition) is 14. The Kier molecular flexibility index (Phi) is 11.5. The Hall–Kier alpha value is -3.33. The fourth-order valence-electron chi connectivity index (χ4n) is 2.95. The normalized spacial score (nSPS) is 24.9. The molecule has 0 aliphatic carbocycles. The van der Waals surface area contributed by atoms with Crippen LogP contribution in [0.25, 0.3) is 0 Å². The lowest BCUT2D eigenvalue weighted by Crippen LogP contribution is -2.63. The van der Waals surface area contributed by atoms with Crippen molar-refractivity contribution in [2.75, 3.05) is 20.8 Å². The van der Waals surface area contributed by atoms with Crippen molar-refractivity contribution in [1.29, 1.82) is 0 Å². The van der Waals surface area contributed by atoms with Crippen molar-refractivity contribution in [3.8, 4) is 0 Å². The summed E-state index contributed by atoms with van der Waals surface area (Å²) in [6.45, 7) is 3.54. The third kappa shape index (κ3) is 8.75. The molecule has 1 saturated heterocycles. The SMILES string of the molecule is COC(=O)/C=C(\C(=O)OC)[S@@](=O)[C@H]1O[C@H](COC(C)=O)[C@@H](OC(C)=O)[C@H](OC(C)=O)[C@@H]1OC(C)=O. The minimum Gasteiger partial charge on any atom is -0.466 e. The lowest BCUT2D eigenvalue weighted by atomic mass is 9.99. The highest BCUT2D eigenvalue weighted by atomic mass is 32.2. The topological polar surface area (TPSA) is 184 Å². The Bertz CT molecular complexity index is 909. The van der Waals surface area contributed by atoms with Gasteiger partial charge in [-0.2, -0.15) is 0 Å². The van der Waals surface area contributed by atoms with Crippen LogP contribution in [0, 0.1) is 0 Å². The maximum atomic E-state index is 13.4. The summed E-state index contributed by atoms with van der Waals surface area (Å²) < 4.78 is 48.7. The molecule has 1 heterocycles. The lowest BCUT2D eigenvalue weighted by molar-refractivity contribution is -0.238. The molecule has 0 spiro atoms. The molecule has 196 valence electrons. The number of carbonyl (C=O) groups excluding carboxylic acids is 6. The molecule has 6 atom stereocenters. The van der Waals surface area contributed by atoms with Crippen molar-refractivity contribution in [3.05, 3.63) is 11.0 Å². The Morgan fingerprint density at radius 1 is 0.771 bits per heavy atom. The van der Waals surface area contributed by atoms with E-state index in [1.165, 1.54) is 0 Å². The van der Waals surface area contributed by atoms with E-state index in [1.807, 2.05) is 0 Å². The minimum absolute atomic E-state index is 0.570. The van der Waals surface area contributed by atoms with Gasteiger partial charge in [-0.15, -0.1) is 0 Å². The van der Waals surface area contributed by atoms with E-state index in [9.17, 15) is 33.0 Å². The van der Waals surface area contributed by atoms with E-state index < -0.39 is 88.0 Å². The zero-order valence-corrected chi connectivity index (χ0v) is 20.6. The molecular weight excluding hydrogens is 496 g/mol. The molecule has 1 rings (SSSR count). The van der Waals surface area contributed by atoms with E-state index in [0.717, 1.165) is 41.9 Å². The quantitative estimate of drug-likeness (QED) is 0.205. The number of hydrogen-bond donors (Lipinski definition) is 0. The van der Waals surface area contributed by atoms with Gasteiger partial charge in [-0.3, -0.25) is 23.4 Å². The molecule has 0 aromatic rings. The molecule has 0 unspecified atom stereocenters. The lowest BCUT2D eigenvalue weighted by Gasteiger charge is -2.43. The first-order valence-corrected chi connectivity index (χ1v) is 11.1. The molecule has 14 nitrogen and oxygen atoms in total. The average Bonchev–Trinajstić information content (AvgIpc) is 2.76. The van der Waals surface area contributed by atoms with Crippen LogP contribution in [0.5, 0.6) is 0 Å². The molecule has 0 N–H and O–H groups in total. The van der Waals surface area contributed by atoms with Crippen LogP contribution in [-0.4, -0.2) is 90.7 Å². The van der Waals surface area contributed by atoms with Gasteiger partial charge < -0.3 is 33.2 Å². The number of rotatable bonds is 9. The van der Waals surface area contributed by atoms with Gasteiger partial charge in [-0.25, -0.2) is 9.59 Å². The molecule has 35 heavy (non-hydrogen) atoms. The third-order valence-electron chi connectivity index (χ3n) is 4.21. The van der Waals surface area contributed by atoms with Crippen molar-refractivity contribution in [3.63, 3.8) is 0 Å². The van der Waals surface area contributed by atoms with Gasteiger partial charge in [-0.1, -0.05) is 0 Å². The highest BCUT2D eigenvalue weighted by Crippen LogP contribution is 2.32. The summed E-state index contributed by atoms with van der Waals surface area (Å²) in [6, 6.07) is 0. The summed E-state index contributed by atoms with van der Waals surface area (Å²) in [7, 11) is -0.666. The maximum absolute atomic E-state index is 13.4. The molecule has 0 saturated carbocycles. The Morgan fingerprint density at radius 2 is 1.29 bits per heavy atom. The largest absolute Gasteiger partial charge is 0.466 e. The summed E-state index contributed by atoms with van der Waals surface area (Å²) in [6.07, 6.45) is -5.62. The molecule has 0 aromatic heterocycles. The summed E-state index contributed by atoms with van der Waals surface area (Å²) in [4.78, 5) is 70.1. The highest BCUT2D eigenvalue weighted by Gasteiger charge is 2.55. The molecule has 0 amide bonds. The molecular formula is C20H26O14S. The molecule has 1 aliphatic rings. The van der Waals surface area contributed by atoms with E-state index in [0.29, 0.717) is 6.08 Å². The van der Waals surface area contributed by atoms with E-state index in [2.05, 4.69) is 9.47 Å². The van der Waals surface area contributed by atoms with Crippen LogP contribution in [0.15, 0.2) is 11.0 Å². The number of ether oxygens (including phenoxy) is 7. The van der Waals surface area contributed by atoms with Gasteiger partial charge in [0.2, 0.25) is 0 Å². The van der Waals surface area contributed by atoms with Gasteiger partial charge in [0, 0.05) is 33.8 Å². The van der Waals surface area contributed by atoms with Gasteiger partial charge in [0.15, 0.2) is 23.7 Å². The molecule has 15 heteroatoms. The summed E-state index contributed by atoms with van der Waals surface area (Å²) in [5.74, 6) is -5.72. The van der Waals surface area contributed by atoms with E-state index in [1.54, 1.807) is 0 Å². The standard InChI is InChI=1S/C20H26O14S/c1-9(21)30-8-13-16(31-10(2)22)17(32-11(3)23)18(33-12(4)24)20(34-13)35(27)14(19(26)29-6)7-15(25)28-5/h7,13,16-18,20H,8H2,1-6H3/b14-7+/t13-,16-,17+,18+,20-,35-/m1/s1. The van der Waals surface area contributed by atoms with Crippen molar-refractivity contribution in [2.24, 2.45) is 0 Å². The van der Waals surface area contributed by atoms with Crippen LogP contribution in [-0.2, 0) is 72.7 Å². The number of carbonyl (C=O) groups is 6. The summed E-state index contributed by atoms with van der Waals surface area (Å²) in [5, 5.41) is 0. The molecule has 1 aliphatic heterocycles. The van der Waals surface area contributed by atoms with Crippen LogP contribution < -0.4 is 0 Å². The van der Waals surface area contributed by atoms with Crippen LogP contribution in [0.1, 0.15) is 27.7 Å². The Morgan fingerprint density at radius 3 is 1.74 bits per heavy atom. The van der Waals surface area contributed by atoms with Crippen molar-refractivity contribution in [2.45, 2.75) is 57.5 Å². The second-order valence-electron chi connectivity index (χ2n) is 6.89. The first-order chi connectivity index (χ1) is 16.3. The Labute approximate surface area is 202 Å². The molecule has 0 radical (unpaired) electrons. The second-order valence-corrected chi connectivity index (χ2v) is 8.39. The Balaban J connectivity index is 3.67. The number of methoxy groups -OCH3 is 2. The highest BCUT2D eigenvalue weighted by molar-refractivity contribution is 7.90. The van der Waals surface area contributed by atoms with Crippen LogP contribution >= 0.6 is 0 Å². The van der Waals surface area contributed by atoms with Crippen LogP contribution in [0.2, 0.25) is 0 Å². The van der Waals surface area contributed by atoms with Gasteiger partial charge in [0.25, 0.3) is 0 Å². The van der Waals surface area contributed by atoms with Gasteiger partial charge in [0.1, 0.15) is 17.6 Å². The van der Waals surface area contributed by atoms with Crippen molar-refractivity contribution < 1.29 is 66.1 Å². The van der Waals surface area contributed by atoms with Crippen LogP contribution in [0.3, 0.4) is 0 Å². The zero-order valence-electron chi connectivity index (χ0n) is 19.8. The molecule has 0 bridgehead atoms. The second kappa shape index (κ2) is 13.5. The fourth-order valence-corrected chi connectivity index (χ4v) is 4.36. The average molecular weight is 522 g/mol. The molecule has 0 aromatic carbocycles. The first-order valence-electron chi connectivity index (χ1n) is 9.91. The summed E-state index contributed by atoms with van der Waals surface area (Å²) >= 11 is 0. The van der Waals surface area contributed by atoms with Gasteiger partial charge in [-0.05, 0) is 0 Å².